The molecule has 0 heterocycles. The van der Waals surface area contributed by atoms with Crippen molar-refractivity contribution >= 4 is 64.6 Å². The Kier molecular flexibility index (Phi) is 10.7. The normalized spacial score (nSPS) is 12.3. The second kappa shape index (κ2) is 16.4. The zero-order valence-electron chi connectivity index (χ0n) is 40.1. The molecule has 0 N–H and O–H groups in total. The highest BCUT2D eigenvalue weighted by Crippen LogP contribution is 2.46. The van der Waals surface area contributed by atoms with Gasteiger partial charge in [0.15, 0.2) is 0 Å². The van der Waals surface area contributed by atoms with Crippen LogP contribution in [0.3, 0.4) is 0 Å². The van der Waals surface area contributed by atoms with Crippen LogP contribution < -0.4 is 0 Å². The van der Waals surface area contributed by atoms with Gasteiger partial charge in [0, 0.05) is 0 Å². The molecule has 0 aliphatic carbocycles. The summed E-state index contributed by atoms with van der Waals surface area (Å²) >= 11 is 0. The predicted molar refractivity (Wildman–Crippen MR) is 290 cm³/mol. The summed E-state index contributed by atoms with van der Waals surface area (Å²) in [6.07, 6.45) is 0. The zero-order valence-corrected chi connectivity index (χ0v) is 40.1. The van der Waals surface area contributed by atoms with E-state index in [9.17, 15) is 0 Å². The van der Waals surface area contributed by atoms with Crippen molar-refractivity contribution in [1.82, 2.24) is 0 Å². The Hall–Kier alpha value is -7.02. The summed E-state index contributed by atoms with van der Waals surface area (Å²) in [6, 6.07) is 74.4. The third-order valence-corrected chi connectivity index (χ3v) is 13.8. The summed E-state index contributed by atoms with van der Waals surface area (Å²) in [6.45, 7) is 20.4. The van der Waals surface area contributed by atoms with Crippen LogP contribution in [0.15, 0.2) is 200 Å². The summed E-state index contributed by atoms with van der Waals surface area (Å²) in [5.74, 6) is 0. The van der Waals surface area contributed by atoms with Crippen LogP contribution in [0.4, 0.5) is 0 Å². The molecule has 0 unspecified atom stereocenters. The van der Waals surface area contributed by atoms with E-state index in [1.54, 1.807) is 0 Å². The number of benzene rings is 11. The minimum atomic E-state index is 0.127. The molecule has 0 bridgehead atoms. The van der Waals surface area contributed by atoms with E-state index in [4.69, 9.17) is 0 Å². The van der Waals surface area contributed by atoms with Gasteiger partial charge in [0.2, 0.25) is 0 Å². The van der Waals surface area contributed by atoms with E-state index in [0.29, 0.717) is 0 Å². The number of fused-ring (bicyclic) bond motifs is 8. The van der Waals surface area contributed by atoms with Gasteiger partial charge in [-0.25, -0.2) is 0 Å². The van der Waals surface area contributed by atoms with Gasteiger partial charge >= 0.3 is 0 Å². The van der Waals surface area contributed by atoms with Crippen molar-refractivity contribution in [2.75, 3.05) is 0 Å². The standard InChI is InChI=1S/C38H36.C28H24/c1-37(2,3)29-19-15-25(16-20-29)35-31-13-9-10-14-32(31)36(26-17-21-30(22-18-26)38(4,5)6)34-24-28-12-8-7-11-27(28)23-33(34)35;1-28(2,3)21-14-11-20(12-15-21)23-9-6-10-24-25(23)17-18-26-22-8-5-4-7-19(22)13-16-27(24)26/h7-24H,1-6H3;4-18H,1-3H3. The lowest BCUT2D eigenvalue weighted by molar-refractivity contribution is 0.590. The summed E-state index contributed by atoms with van der Waals surface area (Å²) in [4.78, 5) is 0. The molecular formula is C66H60. The lowest BCUT2D eigenvalue weighted by Gasteiger charge is -2.22. The average Bonchev–Trinajstić information content (AvgIpc) is 3.31. The first-order valence-electron chi connectivity index (χ1n) is 23.7. The molecule has 66 heavy (non-hydrogen) atoms. The number of hydrogen-bond donors (Lipinski definition) is 0. The Morgan fingerprint density at radius 3 is 1.05 bits per heavy atom. The van der Waals surface area contributed by atoms with Gasteiger partial charge in [0.05, 0.1) is 0 Å². The molecule has 0 saturated heterocycles. The fourth-order valence-electron chi connectivity index (χ4n) is 10.0. The quantitative estimate of drug-likeness (QED) is 0.123. The van der Waals surface area contributed by atoms with E-state index in [1.165, 1.54) is 115 Å². The van der Waals surface area contributed by atoms with Crippen LogP contribution in [-0.2, 0) is 16.2 Å². The molecular weight excluding hydrogens is 793 g/mol. The Morgan fingerprint density at radius 1 is 0.227 bits per heavy atom. The fourth-order valence-corrected chi connectivity index (χ4v) is 10.0. The van der Waals surface area contributed by atoms with Crippen molar-refractivity contribution in [3.8, 4) is 33.4 Å². The van der Waals surface area contributed by atoms with Gasteiger partial charge in [-0.1, -0.05) is 250 Å². The first-order valence-corrected chi connectivity index (χ1v) is 23.7. The number of rotatable bonds is 3. The van der Waals surface area contributed by atoms with Crippen molar-refractivity contribution in [2.45, 2.75) is 78.6 Å². The largest absolute Gasteiger partial charge is 0.0616 e. The van der Waals surface area contributed by atoms with E-state index < -0.39 is 0 Å². The highest BCUT2D eigenvalue weighted by atomic mass is 14.2. The second-order valence-electron chi connectivity index (χ2n) is 21.4. The second-order valence-corrected chi connectivity index (χ2v) is 21.4. The van der Waals surface area contributed by atoms with Crippen LogP contribution >= 0.6 is 0 Å². The van der Waals surface area contributed by atoms with Gasteiger partial charge in [-0.05, 0) is 143 Å². The van der Waals surface area contributed by atoms with Gasteiger partial charge in [-0.15, -0.1) is 0 Å². The van der Waals surface area contributed by atoms with Crippen LogP contribution in [0.2, 0.25) is 0 Å². The van der Waals surface area contributed by atoms with Gasteiger partial charge in [-0.3, -0.25) is 0 Å². The van der Waals surface area contributed by atoms with Crippen molar-refractivity contribution in [3.05, 3.63) is 217 Å². The topological polar surface area (TPSA) is 0 Å². The maximum Gasteiger partial charge on any atom is -0.00261 e. The van der Waals surface area contributed by atoms with Crippen LogP contribution in [0, 0.1) is 0 Å². The van der Waals surface area contributed by atoms with Crippen LogP contribution in [0.25, 0.3) is 98.0 Å². The predicted octanol–water partition coefficient (Wildman–Crippen LogP) is 19.2. The first-order chi connectivity index (χ1) is 31.6. The van der Waals surface area contributed by atoms with E-state index >= 15 is 0 Å². The molecule has 0 atom stereocenters. The summed E-state index contributed by atoms with van der Waals surface area (Å²) < 4.78 is 0. The highest BCUT2D eigenvalue weighted by molar-refractivity contribution is 6.24. The Balaban J connectivity index is 0.000000162. The highest BCUT2D eigenvalue weighted by Gasteiger charge is 2.21. The molecule has 11 aromatic rings. The molecule has 0 saturated carbocycles. The van der Waals surface area contributed by atoms with Crippen molar-refractivity contribution in [1.29, 1.82) is 0 Å². The molecule has 0 aliphatic rings. The maximum absolute atomic E-state index is 2.40. The first kappa shape index (κ1) is 42.9. The molecule has 0 fully saturated rings. The average molecular weight is 853 g/mol. The zero-order chi connectivity index (χ0) is 46.0. The monoisotopic (exact) mass is 852 g/mol. The Bertz CT molecular complexity index is 3450. The SMILES string of the molecule is CC(C)(C)c1ccc(-c2c3ccccc3c(-c3ccc(C(C)(C)C)cc3)c3cc4ccccc4cc23)cc1.CC(C)(C)c1ccc(-c2cccc3c2ccc2c4ccccc4ccc32)cc1. The fraction of sp³-hybridized carbons (Fsp3) is 0.182. The summed E-state index contributed by atoms with van der Waals surface area (Å²) in [7, 11) is 0. The third-order valence-electron chi connectivity index (χ3n) is 13.8. The summed E-state index contributed by atoms with van der Waals surface area (Å²) in [5.41, 5.74) is 12.3. The van der Waals surface area contributed by atoms with Crippen LogP contribution in [0.1, 0.15) is 79.0 Å². The molecule has 0 heteroatoms. The molecule has 0 spiro atoms. The smallest absolute Gasteiger partial charge is 0.00261 e. The molecule has 0 aromatic heterocycles. The van der Waals surface area contributed by atoms with Gasteiger partial charge < -0.3 is 0 Å². The molecule has 0 amide bonds. The van der Waals surface area contributed by atoms with Gasteiger partial charge in [-0.2, -0.15) is 0 Å². The number of hydrogen-bond acceptors (Lipinski definition) is 0. The van der Waals surface area contributed by atoms with Gasteiger partial charge in [0.1, 0.15) is 0 Å². The molecule has 0 nitrogen and oxygen atoms in total. The van der Waals surface area contributed by atoms with Crippen molar-refractivity contribution in [3.63, 3.8) is 0 Å². The molecule has 0 aliphatic heterocycles. The summed E-state index contributed by atoms with van der Waals surface area (Å²) in [5, 5.41) is 15.7. The molecule has 11 rings (SSSR count). The van der Waals surface area contributed by atoms with E-state index in [0.717, 1.165) is 0 Å². The minimum Gasteiger partial charge on any atom is -0.0616 e. The molecule has 324 valence electrons. The van der Waals surface area contributed by atoms with Crippen molar-refractivity contribution < 1.29 is 0 Å². The molecule has 11 aromatic carbocycles. The van der Waals surface area contributed by atoms with Crippen molar-refractivity contribution in [2.24, 2.45) is 0 Å². The third kappa shape index (κ3) is 7.94. The van der Waals surface area contributed by atoms with E-state index in [-0.39, 0.29) is 16.2 Å². The lowest BCUT2D eigenvalue weighted by atomic mass is 9.82. The van der Waals surface area contributed by atoms with Crippen LogP contribution in [-0.4, -0.2) is 0 Å². The van der Waals surface area contributed by atoms with Crippen LogP contribution in [0.5, 0.6) is 0 Å². The Morgan fingerprint density at radius 2 is 0.576 bits per heavy atom. The van der Waals surface area contributed by atoms with E-state index in [2.05, 4.69) is 263 Å². The lowest BCUT2D eigenvalue weighted by Crippen LogP contribution is -2.10. The Labute approximate surface area is 391 Å². The maximum atomic E-state index is 2.40. The minimum absolute atomic E-state index is 0.127. The molecule has 0 radical (unpaired) electrons. The van der Waals surface area contributed by atoms with E-state index in [1.807, 2.05) is 0 Å². The van der Waals surface area contributed by atoms with Gasteiger partial charge in [0.25, 0.3) is 0 Å².